The number of hydrogen-bond donors (Lipinski definition) is 1. The molecule has 4 nitrogen and oxygen atoms in total. The number of likely N-dealkylation sites (tertiary alicyclic amines) is 1. The number of primary amides is 1. The number of carbonyl (C=O) groups is 1. The summed E-state index contributed by atoms with van der Waals surface area (Å²) in [5.74, 6) is 0.241. The van der Waals surface area contributed by atoms with Crippen LogP contribution >= 0.6 is 0 Å². The maximum absolute atomic E-state index is 13.2. The fourth-order valence-electron chi connectivity index (χ4n) is 3.40. The van der Waals surface area contributed by atoms with E-state index in [-0.39, 0.29) is 17.8 Å². The number of nitrogens with zero attached hydrogens (tertiary/aromatic N) is 1. The smallest absolute Gasteiger partial charge is 0.234 e. The van der Waals surface area contributed by atoms with Gasteiger partial charge in [-0.1, -0.05) is 37.1 Å². The summed E-state index contributed by atoms with van der Waals surface area (Å²) in [7, 11) is 0. The molecule has 0 aromatic heterocycles. The molecule has 138 valence electrons. The molecule has 2 aromatic rings. The molecule has 5 heteroatoms. The average Bonchev–Trinajstić information content (AvgIpc) is 2.87. The van der Waals surface area contributed by atoms with Crippen molar-refractivity contribution in [3.63, 3.8) is 0 Å². The minimum atomic E-state index is -0.261. The van der Waals surface area contributed by atoms with E-state index < -0.39 is 0 Å². The molecule has 0 saturated carbocycles. The topological polar surface area (TPSA) is 55.6 Å². The van der Waals surface area contributed by atoms with Gasteiger partial charge in [0.05, 0.1) is 6.04 Å². The Morgan fingerprint density at radius 2 is 1.92 bits per heavy atom. The minimum absolute atomic E-state index is 0.179. The largest absolute Gasteiger partial charge is 0.489 e. The van der Waals surface area contributed by atoms with E-state index in [1.54, 1.807) is 6.07 Å². The number of carbonyl (C=O) groups excluding carboxylic acids is 1. The van der Waals surface area contributed by atoms with E-state index in [0.29, 0.717) is 13.2 Å². The summed E-state index contributed by atoms with van der Waals surface area (Å²) in [5, 5.41) is 0. The van der Waals surface area contributed by atoms with Crippen LogP contribution in [0, 0.1) is 5.82 Å². The normalized spacial score (nSPS) is 18.3. The fourth-order valence-corrected chi connectivity index (χ4v) is 3.40. The third-order valence-corrected chi connectivity index (χ3v) is 4.80. The van der Waals surface area contributed by atoms with Crippen molar-refractivity contribution in [1.29, 1.82) is 0 Å². The standard InChI is InChI=1S/C21H25FN2O2/c22-18-6-4-5-17(13-18)15-26-19-10-8-16(9-11-19)14-24-12-3-1-2-7-20(24)21(23)25/h4-6,8-11,13,20H,1-3,7,12,14-15H2,(H2,23,25)/t20-/m0/s1. The van der Waals surface area contributed by atoms with Gasteiger partial charge in [0, 0.05) is 6.54 Å². The lowest BCUT2D eigenvalue weighted by Crippen LogP contribution is -2.43. The van der Waals surface area contributed by atoms with Gasteiger partial charge in [-0.2, -0.15) is 0 Å². The molecule has 2 N–H and O–H groups in total. The Balaban J connectivity index is 1.59. The Kier molecular flexibility index (Phi) is 6.23. The third-order valence-electron chi connectivity index (χ3n) is 4.80. The van der Waals surface area contributed by atoms with Crippen molar-refractivity contribution in [3.05, 3.63) is 65.5 Å². The van der Waals surface area contributed by atoms with Crippen molar-refractivity contribution >= 4 is 5.91 Å². The Labute approximate surface area is 153 Å². The lowest BCUT2D eigenvalue weighted by Gasteiger charge is -2.27. The molecule has 1 saturated heterocycles. The van der Waals surface area contributed by atoms with E-state index in [1.165, 1.54) is 12.1 Å². The van der Waals surface area contributed by atoms with Crippen molar-refractivity contribution in [2.24, 2.45) is 5.73 Å². The van der Waals surface area contributed by atoms with Gasteiger partial charge < -0.3 is 10.5 Å². The van der Waals surface area contributed by atoms with E-state index in [0.717, 1.165) is 49.1 Å². The summed E-state index contributed by atoms with van der Waals surface area (Å²) in [5.41, 5.74) is 7.50. The summed E-state index contributed by atoms with van der Waals surface area (Å²) >= 11 is 0. The van der Waals surface area contributed by atoms with Gasteiger partial charge in [0.15, 0.2) is 0 Å². The molecule has 2 aromatic carbocycles. The van der Waals surface area contributed by atoms with Crippen molar-refractivity contribution < 1.29 is 13.9 Å². The van der Waals surface area contributed by atoms with Crippen LogP contribution < -0.4 is 10.5 Å². The number of benzene rings is 2. The van der Waals surface area contributed by atoms with Crippen molar-refractivity contribution in [2.45, 2.75) is 44.9 Å². The number of nitrogens with two attached hydrogens (primary N) is 1. The van der Waals surface area contributed by atoms with Crippen molar-refractivity contribution in [1.82, 2.24) is 4.90 Å². The van der Waals surface area contributed by atoms with Crippen LogP contribution in [0.4, 0.5) is 4.39 Å². The predicted octanol–water partition coefficient (Wildman–Crippen LogP) is 3.63. The molecule has 0 radical (unpaired) electrons. The molecule has 0 aliphatic carbocycles. The highest BCUT2D eigenvalue weighted by Gasteiger charge is 2.25. The average molecular weight is 356 g/mol. The highest BCUT2D eigenvalue weighted by atomic mass is 19.1. The summed E-state index contributed by atoms with van der Waals surface area (Å²) in [4.78, 5) is 13.9. The quantitative estimate of drug-likeness (QED) is 0.860. The third kappa shape index (κ3) is 5.05. The number of amides is 1. The Morgan fingerprint density at radius 1 is 1.12 bits per heavy atom. The molecule has 1 aliphatic heterocycles. The molecule has 1 heterocycles. The zero-order chi connectivity index (χ0) is 18.4. The first-order chi connectivity index (χ1) is 12.6. The summed E-state index contributed by atoms with van der Waals surface area (Å²) in [6.07, 6.45) is 4.13. The molecular weight excluding hydrogens is 331 g/mol. The first-order valence-electron chi connectivity index (χ1n) is 9.11. The molecule has 1 fully saturated rings. The van der Waals surface area contributed by atoms with E-state index in [2.05, 4.69) is 4.90 Å². The lowest BCUT2D eigenvalue weighted by atomic mass is 10.1. The fraction of sp³-hybridized carbons (Fsp3) is 0.381. The van der Waals surface area contributed by atoms with E-state index in [9.17, 15) is 9.18 Å². The van der Waals surface area contributed by atoms with Gasteiger partial charge in [0.2, 0.25) is 5.91 Å². The zero-order valence-electron chi connectivity index (χ0n) is 14.9. The van der Waals surface area contributed by atoms with Crippen LogP contribution in [0.5, 0.6) is 5.75 Å². The van der Waals surface area contributed by atoms with Crippen LogP contribution in [0.15, 0.2) is 48.5 Å². The van der Waals surface area contributed by atoms with Crippen LogP contribution in [0.1, 0.15) is 36.8 Å². The highest BCUT2D eigenvalue weighted by Crippen LogP contribution is 2.21. The second kappa shape index (κ2) is 8.81. The molecule has 1 aliphatic rings. The molecule has 0 unspecified atom stereocenters. The van der Waals surface area contributed by atoms with E-state index in [4.69, 9.17) is 10.5 Å². The first-order valence-corrected chi connectivity index (χ1v) is 9.11. The van der Waals surface area contributed by atoms with Gasteiger partial charge in [0.1, 0.15) is 18.2 Å². The van der Waals surface area contributed by atoms with E-state index in [1.807, 2.05) is 30.3 Å². The molecular formula is C21H25FN2O2. The zero-order valence-corrected chi connectivity index (χ0v) is 14.9. The summed E-state index contributed by atoms with van der Waals surface area (Å²) in [6, 6.07) is 14.0. The molecule has 1 amide bonds. The Morgan fingerprint density at radius 3 is 2.65 bits per heavy atom. The maximum atomic E-state index is 13.2. The van der Waals surface area contributed by atoms with E-state index >= 15 is 0 Å². The second-order valence-corrected chi connectivity index (χ2v) is 6.80. The first kappa shape index (κ1) is 18.4. The predicted molar refractivity (Wildman–Crippen MR) is 99.0 cm³/mol. The van der Waals surface area contributed by atoms with Gasteiger partial charge in [-0.05, 0) is 54.8 Å². The number of hydrogen-bond acceptors (Lipinski definition) is 3. The van der Waals surface area contributed by atoms with Crippen LogP contribution in [-0.4, -0.2) is 23.4 Å². The molecule has 26 heavy (non-hydrogen) atoms. The monoisotopic (exact) mass is 356 g/mol. The van der Waals surface area contributed by atoms with Crippen molar-refractivity contribution in [2.75, 3.05) is 6.54 Å². The van der Waals surface area contributed by atoms with Gasteiger partial charge in [-0.15, -0.1) is 0 Å². The number of halogens is 1. The minimum Gasteiger partial charge on any atom is -0.489 e. The highest BCUT2D eigenvalue weighted by molar-refractivity contribution is 5.79. The molecule has 3 rings (SSSR count). The van der Waals surface area contributed by atoms with Gasteiger partial charge in [-0.25, -0.2) is 4.39 Å². The van der Waals surface area contributed by atoms with Crippen LogP contribution in [-0.2, 0) is 17.9 Å². The lowest BCUT2D eigenvalue weighted by molar-refractivity contribution is -0.123. The Bertz CT molecular complexity index is 733. The SMILES string of the molecule is NC(=O)[C@@H]1CCCCCN1Cc1ccc(OCc2cccc(F)c2)cc1. The second-order valence-electron chi connectivity index (χ2n) is 6.80. The van der Waals surface area contributed by atoms with Gasteiger partial charge in [0.25, 0.3) is 0 Å². The van der Waals surface area contributed by atoms with Crippen LogP contribution in [0.3, 0.4) is 0 Å². The number of rotatable bonds is 6. The number of ether oxygens (including phenoxy) is 1. The van der Waals surface area contributed by atoms with Crippen molar-refractivity contribution in [3.8, 4) is 5.75 Å². The van der Waals surface area contributed by atoms with Gasteiger partial charge >= 0.3 is 0 Å². The van der Waals surface area contributed by atoms with Crippen LogP contribution in [0.2, 0.25) is 0 Å². The molecule has 1 atom stereocenters. The van der Waals surface area contributed by atoms with Gasteiger partial charge in [-0.3, -0.25) is 9.69 Å². The summed E-state index contributed by atoms with van der Waals surface area (Å²) < 4.78 is 18.9. The molecule has 0 bridgehead atoms. The Hall–Kier alpha value is -2.40. The molecule has 0 spiro atoms. The van der Waals surface area contributed by atoms with Crippen LogP contribution in [0.25, 0.3) is 0 Å². The maximum Gasteiger partial charge on any atom is 0.234 e. The summed E-state index contributed by atoms with van der Waals surface area (Å²) in [6.45, 7) is 1.93.